The summed E-state index contributed by atoms with van der Waals surface area (Å²) in [4.78, 5) is 0. The van der Waals surface area contributed by atoms with Crippen molar-refractivity contribution in [3.8, 4) is 11.5 Å². The largest absolute Gasteiger partial charge is 0.497 e. The van der Waals surface area contributed by atoms with E-state index >= 15 is 0 Å². The van der Waals surface area contributed by atoms with Crippen molar-refractivity contribution in [1.29, 1.82) is 0 Å². The van der Waals surface area contributed by atoms with Gasteiger partial charge in [-0.25, -0.2) is 0 Å². The quantitative estimate of drug-likeness (QED) is 0.592. The van der Waals surface area contributed by atoms with Gasteiger partial charge in [-0.1, -0.05) is 23.1 Å². The highest BCUT2D eigenvalue weighted by Gasteiger charge is 2.05. The highest BCUT2D eigenvalue weighted by Crippen LogP contribution is 2.26. The highest BCUT2D eigenvalue weighted by molar-refractivity contribution is 8.01. The molecule has 0 amide bonds. The Morgan fingerprint density at radius 1 is 1.19 bits per heavy atom. The Labute approximate surface area is 133 Å². The Bertz CT molecular complexity index is 543. The lowest BCUT2D eigenvalue weighted by molar-refractivity contribution is 0.342. The summed E-state index contributed by atoms with van der Waals surface area (Å²) in [5, 5.41) is 12.3. The van der Waals surface area contributed by atoms with Gasteiger partial charge in [-0.2, -0.15) is 0 Å². The summed E-state index contributed by atoms with van der Waals surface area (Å²) in [6, 6.07) is 7.95. The van der Waals surface area contributed by atoms with Crippen LogP contribution in [0.5, 0.6) is 11.5 Å². The van der Waals surface area contributed by atoms with Crippen LogP contribution in [0.4, 0.5) is 5.13 Å². The van der Waals surface area contributed by atoms with Gasteiger partial charge in [0.25, 0.3) is 0 Å². The van der Waals surface area contributed by atoms with Crippen molar-refractivity contribution in [2.75, 3.05) is 24.8 Å². The van der Waals surface area contributed by atoms with Crippen LogP contribution in [0, 0.1) is 0 Å². The van der Waals surface area contributed by atoms with Gasteiger partial charge < -0.3 is 14.8 Å². The van der Waals surface area contributed by atoms with Crippen LogP contribution in [0.25, 0.3) is 0 Å². The minimum absolute atomic E-state index is 0.370. The monoisotopic (exact) mass is 325 g/mol. The molecule has 0 radical (unpaired) electrons. The van der Waals surface area contributed by atoms with E-state index in [0.29, 0.717) is 12.6 Å². The number of anilines is 1. The standard InChI is InChI=1S/C14H19N3O2S2/c1-10(2)15-13-16-17-14(21-13)20-9-8-19-12-6-4-11(18-3)5-7-12/h4-7,10H,8-9H2,1-3H3,(H,15,16). The number of aromatic nitrogens is 2. The lowest BCUT2D eigenvalue weighted by Gasteiger charge is -2.06. The third-order valence-electron chi connectivity index (χ3n) is 2.46. The maximum atomic E-state index is 5.66. The molecule has 0 saturated carbocycles. The van der Waals surface area contributed by atoms with Crippen molar-refractivity contribution >= 4 is 28.2 Å². The molecule has 2 rings (SSSR count). The van der Waals surface area contributed by atoms with Crippen LogP contribution in [-0.2, 0) is 0 Å². The first-order chi connectivity index (χ1) is 10.2. The van der Waals surface area contributed by atoms with Gasteiger partial charge in [-0.3, -0.25) is 0 Å². The zero-order valence-electron chi connectivity index (χ0n) is 12.3. The number of thioether (sulfide) groups is 1. The van der Waals surface area contributed by atoms with E-state index in [2.05, 4.69) is 29.4 Å². The summed E-state index contributed by atoms with van der Waals surface area (Å²) in [6.45, 7) is 4.79. The van der Waals surface area contributed by atoms with E-state index in [4.69, 9.17) is 9.47 Å². The molecular formula is C14H19N3O2S2. The van der Waals surface area contributed by atoms with E-state index in [1.54, 1.807) is 30.2 Å². The van der Waals surface area contributed by atoms with Crippen molar-refractivity contribution < 1.29 is 9.47 Å². The Balaban J connectivity index is 1.70. The molecule has 5 nitrogen and oxygen atoms in total. The second-order valence-corrected chi connectivity index (χ2v) is 6.86. The summed E-state index contributed by atoms with van der Waals surface area (Å²) in [6.07, 6.45) is 0. The van der Waals surface area contributed by atoms with Gasteiger partial charge in [0.15, 0.2) is 4.34 Å². The molecule has 114 valence electrons. The van der Waals surface area contributed by atoms with E-state index in [0.717, 1.165) is 26.7 Å². The summed E-state index contributed by atoms with van der Waals surface area (Å²) in [7, 11) is 1.65. The molecule has 0 fully saturated rings. The van der Waals surface area contributed by atoms with Crippen LogP contribution in [0.2, 0.25) is 0 Å². The molecule has 0 aliphatic carbocycles. The first-order valence-corrected chi connectivity index (χ1v) is 8.47. The second kappa shape index (κ2) is 8.09. The number of nitrogens with zero attached hydrogens (tertiary/aromatic N) is 2. The van der Waals surface area contributed by atoms with Gasteiger partial charge in [-0.05, 0) is 38.1 Å². The summed E-state index contributed by atoms with van der Waals surface area (Å²) < 4.78 is 11.7. The van der Waals surface area contributed by atoms with E-state index in [1.807, 2.05) is 24.3 Å². The first-order valence-electron chi connectivity index (χ1n) is 6.67. The van der Waals surface area contributed by atoms with Gasteiger partial charge >= 0.3 is 0 Å². The van der Waals surface area contributed by atoms with Crippen LogP contribution in [0.3, 0.4) is 0 Å². The Morgan fingerprint density at radius 3 is 2.57 bits per heavy atom. The first kappa shape index (κ1) is 15.9. The Kier molecular flexibility index (Phi) is 6.13. The topological polar surface area (TPSA) is 56.3 Å². The number of ether oxygens (including phenoxy) is 2. The summed E-state index contributed by atoms with van der Waals surface area (Å²) in [5.41, 5.74) is 0. The number of nitrogens with one attached hydrogen (secondary N) is 1. The van der Waals surface area contributed by atoms with E-state index < -0.39 is 0 Å². The SMILES string of the molecule is COc1ccc(OCCSc2nnc(NC(C)C)s2)cc1. The maximum Gasteiger partial charge on any atom is 0.206 e. The van der Waals surface area contributed by atoms with Crippen molar-refractivity contribution in [3.63, 3.8) is 0 Å². The fourth-order valence-electron chi connectivity index (χ4n) is 1.53. The van der Waals surface area contributed by atoms with Crippen LogP contribution in [0.1, 0.15) is 13.8 Å². The molecule has 0 aliphatic rings. The van der Waals surface area contributed by atoms with Crippen molar-refractivity contribution in [3.05, 3.63) is 24.3 Å². The molecule has 0 spiro atoms. The fourth-order valence-corrected chi connectivity index (χ4v) is 3.32. The third-order valence-corrected chi connectivity index (χ3v) is 4.41. The predicted octanol–water partition coefficient (Wildman–Crippen LogP) is 3.54. The average molecular weight is 325 g/mol. The predicted molar refractivity (Wildman–Crippen MR) is 87.9 cm³/mol. The van der Waals surface area contributed by atoms with Gasteiger partial charge in [0, 0.05) is 11.8 Å². The molecule has 2 aromatic rings. The molecular weight excluding hydrogens is 306 g/mol. The zero-order chi connectivity index (χ0) is 15.1. The van der Waals surface area contributed by atoms with Crippen molar-refractivity contribution in [1.82, 2.24) is 10.2 Å². The van der Waals surface area contributed by atoms with Crippen molar-refractivity contribution in [2.45, 2.75) is 24.2 Å². The fraction of sp³-hybridized carbons (Fsp3) is 0.429. The molecule has 0 aliphatic heterocycles. The van der Waals surface area contributed by atoms with Gasteiger partial charge in [-0.15, -0.1) is 10.2 Å². The van der Waals surface area contributed by atoms with Crippen molar-refractivity contribution in [2.24, 2.45) is 0 Å². The number of benzene rings is 1. The molecule has 1 heterocycles. The Hall–Kier alpha value is -1.47. The van der Waals surface area contributed by atoms with E-state index in [-0.39, 0.29) is 0 Å². The van der Waals surface area contributed by atoms with Gasteiger partial charge in [0.05, 0.1) is 13.7 Å². The molecule has 1 aromatic carbocycles. The lowest BCUT2D eigenvalue weighted by Crippen LogP contribution is -2.08. The smallest absolute Gasteiger partial charge is 0.206 e. The normalized spacial score (nSPS) is 10.7. The van der Waals surface area contributed by atoms with Crippen LogP contribution in [-0.4, -0.2) is 35.7 Å². The minimum Gasteiger partial charge on any atom is -0.497 e. The van der Waals surface area contributed by atoms with Gasteiger partial charge in [0.1, 0.15) is 11.5 Å². The average Bonchev–Trinajstić information content (AvgIpc) is 2.91. The lowest BCUT2D eigenvalue weighted by atomic mass is 10.3. The second-order valence-electron chi connectivity index (χ2n) is 4.54. The minimum atomic E-state index is 0.370. The summed E-state index contributed by atoms with van der Waals surface area (Å²) >= 11 is 3.22. The maximum absolute atomic E-state index is 5.66. The molecule has 21 heavy (non-hydrogen) atoms. The highest BCUT2D eigenvalue weighted by atomic mass is 32.2. The number of methoxy groups -OCH3 is 1. The summed E-state index contributed by atoms with van der Waals surface area (Å²) in [5.74, 6) is 2.51. The molecule has 0 bridgehead atoms. The van der Waals surface area contributed by atoms with E-state index in [9.17, 15) is 0 Å². The van der Waals surface area contributed by atoms with E-state index in [1.165, 1.54) is 0 Å². The Morgan fingerprint density at radius 2 is 1.90 bits per heavy atom. The molecule has 0 saturated heterocycles. The molecule has 0 unspecified atom stereocenters. The van der Waals surface area contributed by atoms with Gasteiger partial charge in [0.2, 0.25) is 5.13 Å². The van der Waals surface area contributed by atoms with Crippen LogP contribution >= 0.6 is 23.1 Å². The molecule has 1 aromatic heterocycles. The zero-order valence-corrected chi connectivity index (χ0v) is 14.0. The molecule has 1 N–H and O–H groups in total. The molecule has 7 heteroatoms. The number of hydrogen-bond donors (Lipinski definition) is 1. The molecule has 0 atom stereocenters. The number of hydrogen-bond acceptors (Lipinski definition) is 7. The van der Waals surface area contributed by atoms with Crippen LogP contribution in [0.15, 0.2) is 28.6 Å². The van der Waals surface area contributed by atoms with Crippen LogP contribution < -0.4 is 14.8 Å². The third kappa shape index (κ3) is 5.43. The number of rotatable bonds is 8.